The lowest BCUT2D eigenvalue weighted by Gasteiger charge is -2.20. The number of hydrogen-bond donors (Lipinski definition) is 4. The molecule has 0 spiro atoms. The molecule has 23 heavy (non-hydrogen) atoms. The predicted octanol–water partition coefficient (Wildman–Crippen LogP) is 3.37. The minimum Gasteiger partial charge on any atom is -0.384 e. The first-order chi connectivity index (χ1) is 11.1. The number of benzene rings is 1. The van der Waals surface area contributed by atoms with Gasteiger partial charge in [-0.2, -0.15) is 0 Å². The number of nitrogens with one attached hydrogen (secondary N) is 3. The molecule has 0 aliphatic carbocycles. The van der Waals surface area contributed by atoms with Gasteiger partial charge in [0.25, 0.3) is 0 Å². The van der Waals surface area contributed by atoms with Gasteiger partial charge in [-0.1, -0.05) is 11.6 Å². The first-order valence-electron chi connectivity index (χ1n) is 8.18. The molecule has 1 aliphatic heterocycles. The highest BCUT2D eigenvalue weighted by Gasteiger charge is 2.19. The quantitative estimate of drug-likeness (QED) is 0.402. The maximum atomic E-state index is 13.7. The van der Waals surface area contributed by atoms with Crippen molar-refractivity contribution in [2.24, 2.45) is 5.14 Å². The molecule has 2 rings (SSSR count). The van der Waals surface area contributed by atoms with E-state index < -0.39 is 0 Å². The number of halogens is 2. The van der Waals surface area contributed by atoms with Crippen LogP contribution in [0.1, 0.15) is 32.6 Å². The van der Waals surface area contributed by atoms with E-state index in [1.807, 2.05) is 0 Å². The van der Waals surface area contributed by atoms with Crippen molar-refractivity contribution in [1.29, 1.82) is 0 Å². The lowest BCUT2D eigenvalue weighted by atomic mass is 10.1. The van der Waals surface area contributed by atoms with Crippen LogP contribution in [0.25, 0.3) is 0 Å². The first-order valence-corrected chi connectivity index (χ1v) is 9.44. The second-order valence-electron chi connectivity index (χ2n) is 5.96. The van der Waals surface area contributed by atoms with Crippen molar-refractivity contribution < 1.29 is 4.39 Å². The van der Waals surface area contributed by atoms with Gasteiger partial charge >= 0.3 is 0 Å². The van der Waals surface area contributed by atoms with Gasteiger partial charge in [-0.15, -0.1) is 0 Å². The third-order valence-electron chi connectivity index (χ3n) is 4.24. The molecule has 0 unspecified atom stereocenters. The number of unbranched alkanes of at least 4 members (excludes halogenated alkanes) is 1. The summed E-state index contributed by atoms with van der Waals surface area (Å²) < 4.78 is 13.7. The minimum atomic E-state index is -0.344. The first kappa shape index (κ1) is 18.8. The molecule has 1 saturated heterocycles. The topological polar surface area (TPSA) is 62.1 Å². The van der Waals surface area contributed by atoms with Crippen molar-refractivity contribution in [3.05, 3.63) is 23.0 Å². The number of anilines is 1. The highest BCUT2D eigenvalue weighted by atomic mass is 35.5. The van der Waals surface area contributed by atoms with E-state index in [1.165, 1.54) is 18.9 Å². The van der Waals surface area contributed by atoms with Gasteiger partial charge in [0.1, 0.15) is 5.82 Å². The number of hydrogen-bond acceptors (Lipinski definition) is 5. The summed E-state index contributed by atoms with van der Waals surface area (Å²) in [5.74, 6) is -0.344. The molecule has 5 N–H and O–H groups in total. The van der Waals surface area contributed by atoms with Gasteiger partial charge in [-0.3, -0.25) is 5.14 Å². The van der Waals surface area contributed by atoms with E-state index >= 15 is 0 Å². The van der Waals surface area contributed by atoms with E-state index in [-0.39, 0.29) is 5.82 Å². The molecule has 0 saturated carbocycles. The molecule has 1 fully saturated rings. The van der Waals surface area contributed by atoms with E-state index in [0.29, 0.717) is 27.7 Å². The Morgan fingerprint density at radius 2 is 2.22 bits per heavy atom. The molecule has 1 aliphatic rings. The zero-order valence-electron chi connectivity index (χ0n) is 13.5. The average molecular weight is 361 g/mol. The molecular formula is C16H26ClFN4S. The number of rotatable bonds is 9. The molecule has 4 nitrogen and oxygen atoms in total. The van der Waals surface area contributed by atoms with Crippen molar-refractivity contribution in [2.75, 3.05) is 25.0 Å². The van der Waals surface area contributed by atoms with Crippen LogP contribution >= 0.6 is 23.5 Å². The maximum absolute atomic E-state index is 13.7. The molecule has 0 amide bonds. The lowest BCUT2D eigenvalue weighted by molar-refractivity contribution is 0.422. The molecule has 1 aromatic rings. The zero-order chi connectivity index (χ0) is 16.7. The van der Waals surface area contributed by atoms with Gasteiger partial charge in [0.2, 0.25) is 0 Å². The molecule has 2 atom stereocenters. The van der Waals surface area contributed by atoms with Gasteiger partial charge < -0.3 is 16.0 Å². The normalized spacial score (nSPS) is 19.0. The monoisotopic (exact) mass is 360 g/mol. The van der Waals surface area contributed by atoms with Gasteiger partial charge in [-0.05, 0) is 69.8 Å². The van der Waals surface area contributed by atoms with Crippen molar-refractivity contribution in [1.82, 2.24) is 10.6 Å². The van der Waals surface area contributed by atoms with E-state index in [0.717, 1.165) is 44.4 Å². The fourth-order valence-corrected chi connectivity index (χ4v) is 3.49. The molecule has 0 bridgehead atoms. The Morgan fingerprint density at radius 1 is 1.43 bits per heavy atom. The molecular weight excluding hydrogens is 335 g/mol. The van der Waals surface area contributed by atoms with Crippen molar-refractivity contribution in [3.8, 4) is 0 Å². The van der Waals surface area contributed by atoms with Crippen LogP contribution in [0, 0.1) is 5.82 Å². The van der Waals surface area contributed by atoms with Crippen molar-refractivity contribution >= 4 is 29.2 Å². The van der Waals surface area contributed by atoms with Gasteiger partial charge in [0.15, 0.2) is 0 Å². The highest BCUT2D eigenvalue weighted by Crippen LogP contribution is 2.29. The highest BCUT2D eigenvalue weighted by molar-refractivity contribution is 7.97. The van der Waals surface area contributed by atoms with Gasteiger partial charge in [0.05, 0.1) is 15.6 Å². The summed E-state index contributed by atoms with van der Waals surface area (Å²) in [5, 5.41) is 16.1. The minimum absolute atomic E-state index is 0.344. The van der Waals surface area contributed by atoms with Crippen LogP contribution in [0.3, 0.4) is 0 Å². The van der Waals surface area contributed by atoms with Crippen LogP contribution in [0.15, 0.2) is 17.0 Å². The van der Waals surface area contributed by atoms with Gasteiger partial charge in [0, 0.05) is 18.6 Å². The van der Waals surface area contributed by atoms with E-state index in [1.54, 1.807) is 6.07 Å². The van der Waals surface area contributed by atoms with Crippen LogP contribution in [0.5, 0.6) is 0 Å². The van der Waals surface area contributed by atoms with Crippen molar-refractivity contribution in [3.63, 3.8) is 0 Å². The van der Waals surface area contributed by atoms with Crippen LogP contribution in [-0.4, -0.2) is 31.7 Å². The smallest absolute Gasteiger partial charge is 0.140 e. The summed E-state index contributed by atoms with van der Waals surface area (Å²) >= 11 is 6.98. The second kappa shape index (κ2) is 9.69. The summed E-state index contributed by atoms with van der Waals surface area (Å²) in [4.78, 5) is 0.360. The van der Waals surface area contributed by atoms with Gasteiger partial charge in [-0.25, -0.2) is 4.39 Å². The Bertz CT molecular complexity index is 497. The Hall–Kier alpha value is -0.530. The SMILES string of the molecule is C[C@H](NCCCCNc1cc(F)c(SN)cc1Cl)[C@@H]1CCCN1. The average Bonchev–Trinajstić information content (AvgIpc) is 3.07. The van der Waals surface area contributed by atoms with Crippen LogP contribution in [0.2, 0.25) is 5.02 Å². The fraction of sp³-hybridized carbons (Fsp3) is 0.625. The predicted molar refractivity (Wildman–Crippen MR) is 97.7 cm³/mol. The molecule has 1 aromatic carbocycles. The summed E-state index contributed by atoms with van der Waals surface area (Å²) in [6, 6.07) is 4.08. The van der Waals surface area contributed by atoms with Crippen LogP contribution in [0.4, 0.5) is 10.1 Å². The molecule has 0 radical (unpaired) electrons. The summed E-state index contributed by atoms with van der Waals surface area (Å²) in [5.41, 5.74) is 0.624. The summed E-state index contributed by atoms with van der Waals surface area (Å²) in [6.45, 7) is 5.14. The standard InChI is InChI=1S/C16H26ClFN4S/c1-11(14-5-4-8-21-14)20-6-2-3-7-22-15-10-13(18)16(23-19)9-12(15)17/h9-11,14,20-22H,2-8,19H2,1H3/t11-,14-/m0/s1. The largest absolute Gasteiger partial charge is 0.384 e. The van der Waals surface area contributed by atoms with E-state index in [4.69, 9.17) is 16.7 Å². The van der Waals surface area contributed by atoms with Crippen molar-refractivity contribution in [2.45, 2.75) is 49.6 Å². The lowest BCUT2D eigenvalue weighted by Crippen LogP contribution is -2.43. The number of nitrogens with two attached hydrogens (primary N) is 1. The fourth-order valence-electron chi connectivity index (χ4n) is 2.84. The van der Waals surface area contributed by atoms with E-state index in [2.05, 4.69) is 22.9 Å². The molecule has 0 aromatic heterocycles. The van der Waals surface area contributed by atoms with Crippen LogP contribution in [-0.2, 0) is 0 Å². The van der Waals surface area contributed by atoms with E-state index in [9.17, 15) is 4.39 Å². The third-order valence-corrected chi connectivity index (χ3v) is 5.12. The summed E-state index contributed by atoms with van der Waals surface area (Å²) in [6.07, 6.45) is 4.61. The molecule has 1 heterocycles. The second-order valence-corrected chi connectivity index (χ2v) is 7.04. The Labute approximate surface area is 147 Å². The van der Waals surface area contributed by atoms with Crippen LogP contribution < -0.4 is 21.1 Å². The zero-order valence-corrected chi connectivity index (χ0v) is 15.1. The maximum Gasteiger partial charge on any atom is 0.140 e. The molecule has 130 valence electrons. The molecule has 7 heteroatoms. The summed E-state index contributed by atoms with van der Waals surface area (Å²) in [7, 11) is 0. The Kier molecular flexibility index (Phi) is 7.92. The Balaban J connectivity index is 1.63. The Morgan fingerprint density at radius 3 is 2.91 bits per heavy atom. The third kappa shape index (κ3) is 5.80.